The summed E-state index contributed by atoms with van der Waals surface area (Å²) in [6.45, 7) is 8.67. The molecule has 5 nitrogen and oxygen atoms in total. The largest absolute Gasteiger partial charge is 0.353 e. The van der Waals surface area contributed by atoms with Gasteiger partial charge >= 0.3 is 0 Å². The van der Waals surface area contributed by atoms with Gasteiger partial charge in [-0.3, -0.25) is 14.5 Å². The Morgan fingerprint density at radius 2 is 1.85 bits per heavy atom. The summed E-state index contributed by atoms with van der Waals surface area (Å²) >= 11 is 0. The van der Waals surface area contributed by atoms with E-state index >= 15 is 0 Å². The van der Waals surface area contributed by atoms with Crippen LogP contribution < -0.4 is 5.32 Å². The van der Waals surface area contributed by atoms with E-state index < -0.39 is 0 Å². The Kier molecular flexibility index (Phi) is 5.02. The van der Waals surface area contributed by atoms with Crippen molar-refractivity contribution in [2.75, 3.05) is 19.6 Å². The van der Waals surface area contributed by atoms with Crippen LogP contribution >= 0.6 is 0 Å². The zero-order chi connectivity index (χ0) is 14.7. The number of likely N-dealkylation sites (tertiary alicyclic amines) is 2. The van der Waals surface area contributed by atoms with Crippen LogP contribution in [0.4, 0.5) is 0 Å². The summed E-state index contributed by atoms with van der Waals surface area (Å²) in [5, 5.41) is 2.97. The maximum Gasteiger partial charge on any atom is 0.237 e. The van der Waals surface area contributed by atoms with Crippen LogP contribution in [0.5, 0.6) is 0 Å². The van der Waals surface area contributed by atoms with Crippen molar-refractivity contribution >= 4 is 11.8 Å². The molecule has 1 atom stereocenters. The highest BCUT2D eigenvalue weighted by atomic mass is 16.2. The maximum absolute atomic E-state index is 12.0. The van der Waals surface area contributed by atoms with E-state index in [1.54, 1.807) is 0 Å². The first kappa shape index (κ1) is 15.3. The van der Waals surface area contributed by atoms with Gasteiger partial charge < -0.3 is 10.2 Å². The molecule has 2 rings (SSSR count). The van der Waals surface area contributed by atoms with E-state index in [-0.39, 0.29) is 18.0 Å². The summed E-state index contributed by atoms with van der Waals surface area (Å²) in [4.78, 5) is 28.1. The molecule has 20 heavy (non-hydrogen) atoms. The van der Waals surface area contributed by atoms with Gasteiger partial charge in [0.25, 0.3) is 0 Å². The zero-order valence-electron chi connectivity index (χ0n) is 12.9. The smallest absolute Gasteiger partial charge is 0.237 e. The first-order chi connectivity index (χ1) is 9.49. The molecular formula is C15H27N3O2. The molecule has 0 saturated carbocycles. The molecule has 0 bridgehead atoms. The Morgan fingerprint density at radius 1 is 1.20 bits per heavy atom. The van der Waals surface area contributed by atoms with Gasteiger partial charge in [-0.1, -0.05) is 0 Å². The number of carbonyl (C=O) groups excluding carboxylic acids is 2. The third-order valence-corrected chi connectivity index (χ3v) is 4.41. The van der Waals surface area contributed by atoms with Crippen molar-refractivity contribution < 1.29 is 9.59 Å². The van der Waals surface area contributed by atoms with E-state index in [1.807, 2.05) is 20.8 Å². The van der Waals surface area contributed by atoms with Crippen LogP contribution in [0.1, 0.15) is 46.5 Å². The fraction of sp³-hybridized carbons (Fsp3) is 0.867. The first-order valence-corrected chi connectivity index (χ1v) is 7.83. The fourth-order valence-corrected chi connectivity index (χ4v) is 3.21. The highest BCUT2D eigenvalue weighted by Gasteiger charge is 2.33. The Hall–Kier alpha value is -1.10. The number of rotatable bonds is 4. The SMILES string of the molecule is CC(C)NC(=O)[C@H](C)N1CCC(N2CCCC2=O)CC1. The lowest BCUT2D eigenvalue weighted by Crippen LogP contribution is -2.52. The molecule has 5 heteroatoms. The van der Waals surface area contributed by atoms with Crippen molar-refractivity contribution in [3.63, 3.8) is 0 Å². The third-order valence-electron chi connectivity index (χ3n) is 4.41. The molecule has 114 valence electrons. The number of carbonyl (C=O) groups is 2. The lowest BCUT2D eigenvalue weighted by atomic mass is 10.0. The lowest BCUT2D eigenvalue weighted by molar-refractivity contribution is -0.132. The number of piperidine rings is 1. The van der Waals surface area contributed by atoms with E-state index in [1.165, 1.54) is 0 Å². The van der Waals surface area contributed by atoms with Crippen LogP contribution in [0.25, 0.3) is 0 Å². The summed E-state index contributed by atoms with van der Waals surface area (Å²) < 4.78 is 0. The molecule has 0 spiro atoms. The average Bonchev–Trinajstić information content (AvgIpc) is 2.83. The number of hydrogen-bond donors (Lipinski definition) is 1. The summed E-state index contributed by atoms with van der Waals surface area (Å²) in [6, 6.07) is 0.499. The predicted molar refractivity (Wildman–Crippen MR) is 78.3 cm³/mol. The second-order valence-electron chi connectivity index (χ2n) is 6.30. The van der Waals surface area contributed by atoms with E-state index in [0.717, 1.165) is 38.9 Å². The summed E-state index contributed by atoms with van der Waals surface area (Å²) in [7, 11) is 0. The van der Waals surface area contributed by atoms with Gasteiger partial charge in [0.1, 0.15) is 0 Å². The van der Waals surface area contributed by atoms with Crippen molar-refractivity contribution in [1.29, 1.82) is 0 Å². The highest BCUT2D eigenvalue weighted by Crippen LogP contribution is 2.23. The lowest BCUT2D eigenvalue weighted by Gasteiger charge is -2.39. The fourth-order valence-electron chi connectivity index (χ4n) is 3.21. The molecule has 2 saturated heterocycles. The van der Waals surface area contributed by atoms with Crippen LogP contribution in [-0.2, 0) is 9.59 Å². The topological polar surface area (TPSA) is 52.7 Å². The van der Waals surface area contributed by atoms with Crippen molar-refractivity contribution in [2.45, 2.75) is 64.6 Å². The van der Waals surface area contributed by atoms with Crippen molar-refractivity contribution in [2.24, 2.45) is 0 Å². The van der Waals surface area contributed by atoms with Crippen LogP contribution in [0, 0.1) is 0 Å². The molecule has 2 amide bonds. The predicted octanol–water partition coefficient (Wildman–Crippen LogP) is 0.986. The first-order valence-electron chi connectivity index (χ1n) is 7.83. The Labute approximate surface area is 121 Å². The van der Waals surface area contributed by atoms with Crippen molar-refractivity contribution in [3.8, 4) is 0 Å². The molecule has 0 aromatic carbocycles. The van der Waals surface area contributed by atoms with Crippen LogP contribution in [0.15, 0.2) is 0 Å². The molecule has 0 aromatic heterocycles. The normalized spacial score (nSPS) is 23.4. The standard InChI is InChI=1S/C15H27N3O2/c1-11(2)16-15(20)12(3)17-9-6-13(7-10-17)18-8-4-5-14(18)19/h11-13H,4-10H2,1-3H3,(H,16,20)/t12-/m0/s1. The second-order valence-corrected chi connectivity index (χ2v) is 6.30. The molecule has 2 fully saturated rings. The van der Waals surface area contributed by atoms with Gasteiger partial charge in [-0.15, -0.1) is 0 Å². The molecule has 1 N–H and O–H groups in total. The molecule has 0 unspecified atom stereocenters. The van der Waals surface area contributed by atoms with Gasteiger partial charge in [-0.25, -0.2) is 0 Å². The van der Waals surface area contributed by atoms with Gasteiger partial charge in [0.2, 0.25) is 11.8 Å². The Bertz CT molecular complexity index is 362. The number of nitrogens with one attached hydrogen (secondary N) is 1. The van der Waals surface area contributed by atoms with Gasteiger partial charge in [0, 0.05) is 38.1 Å². The van der Waals surface area contributed by atoms with Crippen molar-refractivity contribution in [1.82, 2.24) is 15.1 Å². The van der Waals surface area contributed by atoms with E-state index in [0.29, 0.717) is 18.4 Å². The molecule has 2 aliphatic rings. The minimum Gasteiger partial charge on any atom is -0.353 e. The summed E-state index contributed by atoms with van der Waals surface area (Å²) in [6.07, 6.45) is 3.70. The average molecular weight is 281 g/mol. The van der Waals surface area contributed by atoms with E-state index in [4.69, 9.17) is 0 Å². The van der Waals surface area contributed by atoms with Gasteiger partial charge in [0.05, 0.1) is 6.04 Å². The molecular weight excluding hydrogens is 254 g/mol. The Balaban J connectivity index is 1.81. The number of hydrogen-bond acceptors (Lipinski definition) is 3. The van der Waals surface area contributed by atoms with E-state index in [2.05, 4.69) is 15.1 Å². The molecule has 2 aliphatic heterocycles. The minimum atomic E-state index is -0.0763. The monoisotopic (exact) mass is 281 g/mol. The van der Waals surface area contributed by atoms with Crippen LogP contribution in [0.3, 0.4) is 0 Å². The quantitative estimate of drug-likeness (QED) is 0.836. The summed E-state index contributed by atoms with van der Waals surface area (Å²) in [5.41, 5.74) is 0. The van der Waals surface area contributed by atoms with Crippen molar-refractivity contribution in [3.05, 3.63) is 0 Å². The Morgan fingerprint density at radius 3 is 2.35 bits per heavy atom. The van der Waals surface area contributed by atoms with Gasteiger partial charge in [-0.2, -0.15) is 0 Å². The maximum atomic E-state index is 12.0. The molecule has 0 radical (unpaired) electrons. The number of amides is 2. The molecule has 0 aromatic rings. The van der Waals surface area contributed by atoms with Gasteiger partial charge in [0.15, 0.2) is 0 Å². The van der Waals surface area contributed by atoms with E-state index in [9.17, 15) is 9.59 Å². The second kappa shape index (κ2) is 6.57. The molecule has 2 heterocycles. The molecule has 0 aliphatic carbocycles. The number of nitrogens with zero attached hydrogens (tertiary/aromatic N) is 2. The minimum absolute atomic E-state index is 0.0763. The third kappa shape index (κ3) is 3.51. The van der Waals surface area contributed by atoms with Crippen LogP contribution in [0.2, 0.25) is 0 Å². The highest BCUT2D eigenvalue weighted by molar-refractivity contribution is 5.81. The van der Waals surface area contributed by atoms with Crippen LogP contribution in [-0.4, -0.2) is 59.4 Å². The zero-order valence-corrected chi connectivity index (χ0v) is 12.9. The van der Waals surface area contributed by atoms with Gasteiger partial charge in [-0.05, 0) is 40.0 Å². The summed E-state index contributed by atoms with van der Waals surface area (Å²) in [5.74, 6) is 0.421.